The fourth-order valence-corrected chi connectivity index (χ4v) is 2.26. The van der Waals surface area contributed by atoms with E-state index in [0.29, 0.717) is 5.56 Å². The van der Waals surface area contributed by atoms with Crippen LogP contribution in [0.15, 0.2) is 42.5 Å². The summed E-state index contributed by atoms with van der Waals surface area (Å²) in [6.07, 6.45) is 0. The minimum atomic E-state index is -1.24. The lowest BCUT2D eigenvalue weighted by atomic mass is 9.85. The van der Waals surface area contributed by atoms with Crippen LogP contribution in [0.5, 0.6) is 5.75 Å². The van der Waals surface area contributed by atoms with Gasteiger partial charge in [0.25, 0.3) is 0 Å². The fourth-order valence-electron chi connectivity index (χ4n) is 2.26. The summed E-state index contributed by atoms with van der Waals surface area (Å²) in [5.41, 5.74) is 0.923. The lowest BCUT2D eigenvalue weighted by Crippen LogP contribution is -2.24. The summed E-state index contributed by atoms with van der Waals surface area (Å²) in [5, 5.41) is 10.7. The lowest BCUT2D eigenvalue weighted by molar-refractivity contribution is 0.101. The normalized spacial score (nSPS) is 13.9. The largest absolute Gasteiger partial charge is 0.497 e. The number of ether oxygens (including phenoxy) is 1. The Kier molecular flexibility index (Phi) is 3.58. The third-order valence-electron chi connectivity index (χ3n) is 3.34. The fraction of sp³-hybridized carbons (Fsp3) is 0.250. The highest BCUT2D eigenvalue weighted by atomic mass is 19.1. The van der Waals surface area contributed by atoms with E-state index in [2.05, 4.69) is 0 Å². The minimum Gasteiger partial charge on any atom is -0.497 e. The first kappa shape index (κ1) is 13.6. The van der Waals surface area contributed by atoms with Gasteiger partial charge in [0.15, 0.2) is 0 Å². The summed E-state index contributed by atoms with van der Waals surface area (Å²) in [5.74, 6) is 0.375. The Morgan fingerprint density at radius 2 is 1.89 bits per heavy atom. The molecule has 0 amide bonds. The lowest BCUT2D eigenvalue weighted by Gasteiger charge is -2.26. The van der Waals surface area contributed by atoms with Crippen LogP contribution in [0.4, 0.5) is 4.39 Å². The van der Waals surface area contributed by atoms with E-state index >= 15 is 0 Å². The Hall–Kier alpha value is -1.87. The Balaban J connectivity index is 2.50. The van der Waals surface area contributed by atoms with Crippen molar-refractivity contribution in [1.29, 1.82) is 0 Å². The van der Waals surface area contributed by atoms with Crippen LogP contribution in [0.25, 0.3) is 0 Å². The molecule has 0 aromatic heterocycles. The predicted molar refractivity (Wildman–Crippen MR) is 72.8 cm³/mol. The molecule has 0 aliphatic heterocycles. The number of methoxy groups -OCH3 is 1. The maximum Gasteiger partial charge on any atom is 0.123 e. The molecule has 19 heavy (non-hydrogen) atoms. The molecule has 0 fully saturated rings. The molecule has 1 atom stereocenters. The Bertz CT molecular complexity index is 591. The van der Waals surface area contributed by atoms with Crippen LogP contribution >= 0.6 is 0 Å². The van der Waals surface area contributed by atoms with Gasteiger partial charge in [-0.15, -0.1) is 0 Å². The average Bonchev–Trinajstić information content (AvgIpc) is 2.38. The van der Waals surface area contributed by atoms with E-state index < -0.39 is 5.60 Å². The summed E-state index contributed by atoms with van der Waals surface area (Å²) < 4.78 is 18.4. The van der Waals surface area contributed by atoms with Gasteiger partial charge in [0.05, 0.1) is 7.11 Å². The molecule has 3 heteroatoms. The van der Waals surface area contributed by atoms with Crippen molar-refractivity contribution in [3.63, 3.8) is 0 Å². The maximum absolute atomic E-state index is 13.3. The van der Waals surface area contributed by atoms with Crippen molar-refractivity contribution in [2.45, 2.75) is 19.4 Å². The number of rotatable bonds is 3. The van der Waals surface area contributed by atoms with Gasteiger partial charge in [-0.3, -0.25) is 0 Å². The van der Waals surface area contributed by atoms with Gasteiger partial charge in [-0.1, -0.05) is 18.2 Å². The number of benzene rings is 2. The highest BCUT2D eigenvalue weighted by Gasteiger charge is 2.27. The van der Waals surface area contributed by atoms with Crippen LogP contribution in [0.1, 0.15) is 23.6 Å². The topological polar surface area (TPSA) is 29.5 Å². The molecule has 0 saturated heterocycles. The minimum absolute atomic E-state index is 0.357. The van der Waals surface area contributed by atoms with Gasteiger partial charge in [-0.2, -0.15) is 0 Å². The standard InChI is InChI=1S/C16H17FO2/c1-11-9-14(19-3)7-8-15(11)16(2,18)12-5-4-6-13(17)10-12/h4-10,18H,1-3H3. The molecule has 0 saturated carbocycles. The molecule has 1 N–H and O–H groups in total. The number of aryl methyl sites for hydroxylation is 1. The summed E-state index contributed by atoms with van der Waals surface area (Å²) >= 11 is 0. The van der Waals surface area contributed by atoms with Crippen LogP contribution in [0.3, 0.4) is 0 Å². The Morgan fingerprint density at radius 1 is 1.16 bits per heavy atom. The number of halogens is 1. The van der Waals surface area contributed by atoms with Crippen molar-refractivity contribution >= 4 is 0 Å². The number of aliphatic hydroxyl groups is 1. The third-order valence-corrected chi connectivity index (χ3v) is 3.34. The van der Waals surface area contributed by atoms with E-state index in [4.69, 9.17) is 4.74 Å². The maximum atomic E-state index is 13.3. The monoisotopic (exact) mass is 260 g/mol. The Labute approximate surface area is 112 Å². The van der Waals surface area contributed by atoms with E-state index in [0.717, 1.165) is 16.9 Å². The second-order valence-corrected chi connectivity index (χ2v) is 4.76. The van der Waals surface area contributed by atoms with Crippen LogP contribution in [0, 0.1) is 12.7 Å². The zero-order valence-electron chi connectivity index (χ0n) is 11.3. The van der Waals surface area contributed by atoms with Gasteiger partial charge in [-0.25, -0.2) is 4.39 Å². The highest BCUT2D eigenvalue weighted by Crippen LogP contribution is 2.33. The van der Waals surface area contributed by atoms with Crippen LogP contribution in [-0.4, -0.2) is 12.2 Å². The second kappa shape index (κ2) is 5.02. The van der Waals surface area contributed by atoms with E-state index in [1.54, 1.807) is 38.3 Å². The van der Waals surface area contributed by atoms with Gasteiger partial charge in [0.2, 0.25) is 0 Å². The zero-order chi connectivity index (χ0) is 14.0. The molecule has 2 aromatic carbocycles. The molecule has 1 unspecified atom stereocenters. The summed E-state index contributed by atoms with van der Waals surface area (Å²) in [4.78, 5) is 0. The number of hydrogen-bond donors (Lipinski definition) is 1. The molecule has 0 bridgehead atoms. The molecule has 100 valence electrons. The second-order valence-electron chi connectivity index (χ2n) is 4.76. The molecule has 2 nitrogen and oxygen atoms in total. The van der Waals surface area contributed by atoms with Gasteiger partial charge in [0, 0.05) is 0 Å². The summed E-state index contributed by atoms with van der Waals surface area (Å²) in [6.45, 7) is 3.56. The average molecular weight is 260 g/mol. The zero-order valence-corrected chi connectivity index (χ0v) is 11.3. The highest BCUT2D eigenvalue weighted by molar-refractivity contribution is 5.43. The van der Waals surface area contributed by atoms with Gasteiger partial charge >= 0.3 is 0 Å². The van der Waals surface area contributed by atoms with Crippen molar-refractivity contribution in [2.24, 2.45) is 0 Å². The molecule has 0 spiro atoms. The van der Waals surface area contributed by atoms with Crippen molar-refractivity contribution < 1.29 is 14.2 Å². The van der Waals surface area contributed by atoms with Crippen molar-refractivity contribution in [1.82, 2.24) is 0 Å². The van der Waals surface area contributed by atoms with Crippen LogP contribution < -0.4 is 4.74 Å². The summed E-state index contributed by atoms with van der Waals surface area (Å²) in [6, 6.07) is 11.5. The van der Waals surface area contributed by atoms with E-state index in [1.165, 1.54) is 12.1 Å². The van der Waals surface area contributed by atoms with E-state index in [1.807, 2.05) is 13.0 Å². The Morgan fingerprint density at radius 3 is 2.47 bits per heavy atom. The van der Waals surface area contributed by atoms with Gasteiger partial charge in [-0.05, 0) is 54.8 Å². The molecule has 2 rings (SSSR count). The van der Waals surface area contributed by atoms with Crippen molar-refractivity contribution in [3.05, 3.63) is 65.0 Å². The van der Waals surface area contributed by atoms with E-state index in [9.17, 15) is 9.50 Å². The smallest absolute Gasteiger partial charge is 0.123 e. The molecule has 2 aromatic rings. The van der Waals surface area contributed by atoms with Crippen molar-refractivity contribution in [2.75, 3.05) is 7.11 Å². The third kappa shape index (κ3) is 2.61. The van der Waals surface area contributed by atoms with Crippen LogP contribution in [0.2, 0.25) is 0 Å². The molecular formula is C16H17FO2. The SMILES string of the molecule is COc1ccc(C(C)(O)c2cccc(F)c2)c(C)c1. The number of hydrogen-bond acceptors (Lipinski definition) is 2. The van der Waals surface area contributed by atoms with Gasteiger partial charge in [0.1, 0.15) is 17.2 Å². The summed E-state index contributed by atoms with van der Waals surface area (Å²) in [7, 11) is 1.60. The first-order chi connectivity index (χ1) is 8.95. The first-order valence-electron chi connectivity index (χ1n) is 6.08. The molecule has 0 heterocycles. The molecule has 0 aliphatic carbocycles. The quantitative estimate of drug-likeness (QED) is 0.916. The van der Waals surface area contributed by atoms with E-state index in [-0.39, 0.29) is 5.82 Å². The first-order valence-corrected chi connectivity index (χ1v) is 6.08. The predicted octanol–water partition coefficient (Wildman–Crippen LogP) is 3.40. The van der Waals surface area contributed by atoms with Crippen LogP contribution in [-0.2, 0) is 5.60 Å². The molecule has 0 radical (unpaired) electrons. The van der Waals surface area contributed by atoms with Crippen molar-refractivity contribution in [3.8, 4) is 5.75 Å². The molecule has 0 aliphatic rings. The van der Waals surface area contributed by atoms with Gasteiger partial charge < -0.3 is 9.84 Å². The molecular weight excluding hydrogens is 243 g/mol.